The number of aliphatic hydroxyl groups excluding tert-OH is 2. The zero-order valence-electron chi connectivity index (χ0n) is 6.32. The molecular formula is C7H15NO2. The van der Waals surface area contributed by atoms with Gasteiger partial charge < -0.3 is 15.1 Å². The first-order valence-electron chi connectivity index (χ1n) is 3.71. The lowest BCUT2D eigenvalue weighted by Gasteiger charge is -2.32. The number of likely N-dealkylation sites (N-methyl/N-ethyl adjacent to an activating group) is 1. The highest BCUT2D eigenvalue weighted by Crippen LogP contribution is 2.15. The molecule has 0 aliphatic carbocycles. The smallest absolute Gasteiger partial charge is 0.0717 e. The maximum absolute atomic E-state index is 9.34. The zero-order valence-corrected chi connectivity index (χ0v) is 6.32. The van der Waals surface area contributed by atoms with Crippen LogP contribution in [0.2, 0.25) is 0 Å². The van der Waals surface area contributed by atoms with E-state index < -0.39 is 0 Å². The number of nitrogens with zero attached hydrogens (tertiary/aromatic N) is 1. The van der Waals surface area contributed by atoms with E-state index in [1.165, 1.54) is 0 Å². The molecule has 3 nitrogen and oxygen atoms in total. The van der Waals surface area contributed by atoms with Crippen LogP contribution in [0.4, 0.5) is 0 Å². The van der Waals surface area contributed by atoms with Crippen molar-refractivity contribution in [1.29, 1.82) is 0 Å². The fourth-order valence-electron chi connectivity index (χ4n) is 1.35. The van der Waals surface area contributed by atoms with Crippen LogP contribution in [0.3, 0.4) is 0 Å². The highest BCUT2D eigenvalue weighted by molar-refractivity contribution is 4.77. The van der Waals surface area contributed by atoms with Crippen LogP contribution in [-0.2, 0) is 0 Å². The molecule has 1 heterocycles. The van der Waals surface area contributed by atoms with Crippen LogP contribution in [0, 0.1) is 5.92 Å². The number of hydrogen-bond acceptors (Lipinski definition) is 3. The first-order valence-corrected chi connectivity index (χ1v) is 3.71. The van der Waals surface area contributed by atoms with E-state index in [0.29, 0.717) is 6.54 Å². The summed E-state index contributed by atoms with van der Waals surface area (Å²) in [6.07, 6.45) is 0.581. The summed E-state index contributed by atoms with van der Waals surface area (Å²) in [5, 5.41) is 18.1. The SMILES string of the molecule is CN1CC[C@H](CO)[C@H](O)C1. The third-order valence-electron chi connectivity index (χ3n) is 2.16. The van der Waals surface area contributed by atoms with Gasteiger partial charge in [0.2, 0.25) is 0 Å². The monoisotopic (exact) mass is 145 g/mol. The summed E-state index contributed by atoms with van der Waals surface area (Å²) in [5.74, 6) is 0.108. The lowest BCUT2D eigenvalue weighted by Crippen LogP contribution is -2.42. The van der Waals surface area contributed by atoms with E-state index in [1.54, 1.807) is 0 Å². The molecule has 1 aliphatic heterocycles. The summed E-state index contributed by atoms with van der Waals surface area (Å²) in [6, 6.07) is 0. The van der Waals surface area contributed by atoms with Crippen molar-refractivity contribution in [2.24, 2.45) is 5.92 Å². The molecule has 0 radical (unpaired) electrons. The Morgan fingerprint density at radius 2 is 2.30 bits per heavy atom. The van der Waals surface area contributed by atoms with Gasteiger partial charge in [-0.3, -0.25) is 0 Å². The summed E-state index contributed by atoms with van der Waals surface area (Å²) < 4.78 is 0. The van der Waals surface area contributed by atoms with Crippen LogP contribution in [0.5, 0.6) is 0 Å². The van der Waals surface area contributed by atoms with E-state index in [2.05, 4.69) is 4.90 Å². The van der Waals surface area contributed by atoms with Crippen molar-refractivity contribution >= 4 is 0 Å². The van der Waals surface area contributed by atoms with Crippen LogP contribution in [-0.4, -0.2) is 48.0 Å². The zero-order chi connectivity index (χ0) is 7.56. The molecule has 2 atom stereocenters. The minimum atomic E-state index is -0.330. The van der Waals surface area contributed by atoms with Crippen molar-refractivity contribution < 1.29 is 10.2 Å². The molecule has 0 aromatic carbocycles. The quantitative estimate of drug-likeness (QED) is 0.512. The van der Waals surface area contributed by atoms with Crippen molar-refractivity contribution in [3.8, 4) is 0 Å². The molecule has 0 spiro atoms. The highest BCUT2D eigenvalue weighted by Gasteiger charge is 2.24. The summed E-state index contributed by atoms with van der Waals surface area (Å²) in [5.41, 5.74) is 0. The molecule has 1 aliphatic rings. The molecule has 1 saturated heterocycles. The molecule has 0 aromatic heterocycles. The minimum Gasteiger partial charge on any atom is -0.396 e. The molecule has 0 aromatic rings. The van der Waals surface area contributed by atoms with Crippen LogP contribution in [0.25, 0.3) is 0 Å². The van der Waals surface area contributed by atoms with Gasteiger partial charge in [-0.1, -0.05) is 0 Å². The van der Waals surface area contributed by atoms with E-state index in [-0.39, 0.29) is 18.6 Å². The van der Waals surface area contributed by atoms with Gasteiger partial charge in [-0.15, -0.1) is 0 Å². The van der Waals surface area contributed by atoms with E-state index in [1.807, 2.05) is 7.05 Å². The van der Waals surface area contributed by atoms with Gasteiger partial charge in [0, 0.05) is 19.1 Å². The number of piperidine rings is 1. The Kier molecular flexibility index (Phi) is 2.65. The van der Waals surface area contributed by atoms with Gasteiger partial charge in [0.1, 0.15) is 0 Å². The van der Waals surface area contributed by atoms with E-state index in [4.69, 9.17) is 5.11 Å². The van der Waals surface area contributed by atoms with E-state index >= 15 is 0 Å². The second-order valence-corrected chi connectivity index (χ2v) is 3.06. The molecule has 0 unspecified atom stereocenters. The Balaban J connectivity index is 2.36. The lowest BCUT2D eigenvalue weighted by atomic mass is 9.95. The van der Waals surface area contributed by atoms with E-state index in [0.717, 1.165) is 13.0 Å². The molecule has 0 amide bonds. The summed E-state index contributed by atoms with van der Waals surface area (Å²) in [7, 11) is 1.98. The van der Waals surface area contributed by atoms with Crippen LogP contribution in [0.1, 0.15) is 6.42 Å². The van der Waals surface area contributed by atoms with Gasteiger partial charge in [0.25, 0.3) is 0 Å². The Morgan fingerprint density at radius 1 is 1.60 bits per heavy atom. The largest absolute Gasteiger partial charge is 0.396 e. The number of aliphatic hydroxyl groups is 2. The molecule has 60 valence electrons. The van der Waals surface area contributed by atoms with E-state index in [9.17, 15) is 5.11 Å². The topological polar surface area (TPSA) is 43.7 Å². The van der Waals surface area contributed by atoms with Crippen molar-refractivity contribution in [3.05, 3.63) is 0 Å². The summed E-state index contributed by atoms with van der Waals surface area (Å²) >= 11 is 0. The lowest BCUT2D eigenvalue weighted by molar-refractivity contribution is 0.00664. The van der Waals surface area contributed by atoms with Crippen molar-refractivity contribution in [1.82, 2.24) is 4.90 Å². The van der Waals surface area contributed by atoms with Crippen LogP contribution < -0.4 is 0 Å². The van der Waals surface area contributed by atoms with Crippen molar-refractivity contribution in [2.75, 3.05) is 26.7 Å². The van der Waals surface area contributed by atoms with Gasteiger partial charge in [-0.05, 0) is 20.0 Å². The van der Waals surface area contributed by atoms with Crippen molar-refractivity contribution in [2.45, 2.75) is 12.5 Å². The highest BCUT2D eigenvalue weighted by atomic mass is 16.3. The average Bonchev–Trinajstić information content (AvgIpc) is 1.88. The average molecular weight is 145 g/mol. The fraction of sp³-hybridized carbons (Fsp3) is 1.00. The molecule has 10 heavy (non-hydrogen) atoms. The predicted octanol–water partition coefficient (Wildman–Crippen LogP) is -0.709. The second kappa shape index (κ2) is 3.32. The Labute approximate surface area is 61.3 Å². The van der Waals surface area contributed by atoms with Crippen molar-refractivity contribution in [3.63, 3.8) is 0 Å². The first-order chi connectivity index (χ1) is 4.74. The molecular weight excluding hydrogens is 130 g/mol. The van der Waals surface area contributed by atoms with Gasteiger partial charge in [-0.25, -0.2) is 0 Å². The summed E-state index contributed by atoms with van der Waals surface area (Å²) in [6.45, 7) is 1.81. The molecule has 0 bridgehead atoms. The third-order valence-corrected chi connectivity index (χ3v) is 2.16. The molecule has 0 saturated carbocycles. The maximum Gasteiger partial charge on any atom is 0.0717 e. The standard InChI is InChI=1S/C7H15NO2/c1-8-3-2-6(5-9)7(10)4-8/h6-7,9-10H,2-5H2,1H3/t6-,7-/m1/s1. The fourth-order valence-corrected chi connectivity index (χ4v) is 1.35. The third kappa shape index (κ3) is 1.68. The number of rotatable bonds is 1. The molecule has 2 N–H and O–H groups in total. The van der Waals surface area contributed by atoms with Gasteiger partial charge in [-0.2, -0.15) is 0 Å². The Bertz CT molecular complexity index is 108. The number of β-amino-alcohol motifs (C(OH)–C–C–N with tert-alkyl or cyclic N) is 1. The molecule has 1 fully saturated rings. The van der Waals surface area contributed by atoms with Gasteiger partial charge in [0.15, 0.2) is 0 Å². The summed E-state index contributed by atoms with van der Waals surface area (Å²) in [4.78, 5) is 2.08. The normalized spacial score (nSPS) is 36.3. The Hall–Kier alpha value is -0.120. The molecule has 1 rings (SSSR count). The minimum absolute atomic E-state index is 0.108. The van der Waals surface area contributed by atoms with Crippen LogP contribution in [0.15, 0.2) is 0 Å². The van der Waals surface area contributed by atoms with Gasteiger partial charge in [0.05, 0.1) is 6.10 Å². The molecule has 3 heteroatoms. The first kappa shape index (κ1) is 7.98. The van der Waals surface area contributed by atoms with Crippen LogP contribution >= 0.6 is 0 Å². The second-order valence-electron chi connectivity index (χ2n) is 3.06. The number of hydrogen-bond donors (Lipinski definition) is 2. The Morgan fingerprint density at radius 3 is 2.80 bits per heavy atom. The maximum atomic E-state index is 9.34. The predicted molar refractivity (Wildman–Crippen MR) is 38.7 cm³/mol. The number of likely N-dealkylation sites (tertiary alicyclic amines) is 1. The van der Waals surface area contributed by atoms with Gasteiger partial charge >= 0.3 is 0 Å².